The van der Waals surface area contributed by atoms with E-state index in [4.69, 9.17) is 16.3 Å². The molecule has 4 heteroatoms. The highest BCUT2D eigenvalue weighted by Gasteiger charge is 2.23. The first kappa shape index (κ1) is 15.1. The number of benzene rings is 1. The first-order valence-electron chi connectivity index (χ1n) is 5.72. The Morgan fingerprint density at radius 2 is 2.11 bits per heavy atom. The summed E-state index contributed by atoms with van der Waals surface area (Å²) < 4.78 is 17.7. The Morgan fingerprint density at radius 1 is 1.50 bits per heavy atom. The number of rotatable bonds is 6. The van der Waals surface area contributed by atoms with Gasteiger partial charge < -0.3 is 4.74 Å². The summed E-state index contributed by atoms with van der Waals surface area (Å²) >= 11 is 6.17. The van der Waals surface area contributed by atoms with Gasteiger partial charge in [0.25, 0.3) is 0 Å². The number of methoxy groups -OCH3 is 1. The number of hydrogen-bond donors (Lipinski definition) is 0. The fourth-order valence-electron chi connectivity index (χ4n) is 1.92. The maximum absolute atomic E-state index is 12.7. The summed E-state index contributed by atoms with van der Waals surface area (Å²) in [6, 6.07) is 7.46. The fourth-order valence-corrected chi connectivity index (χ4v) is 4.40. The summed E-state index contributed by atoms with van der Waals surface area (Å²) in [5, 5.41) is 0.446. The molecule has 100 valence electrons. The maximum atomic E-state index is 12.7. The lowest BCUT2D eigenvalue weighted by Gasteiger charge is -2.22. The highest BCUT2D eigenvalue weighted by Crippen LogP contribution is 2.32. The van der Waals surface area contributed by atoms with Crippen LogP contribution in [0, 0.1) is 0 Å². The second-order valence-corrected chi connectivity index (χ2v) is 7.18. The van der Waals surface area contributed by atoms with Crippen molar-refractivity contribution < 1.29 is 8.95 Å². The lowest BCUT2D eigenvalue weighted by molar-refractivity contribution is 0.297. The van der Waals surface area contributed by atoms with Gasteiger partial charge in [0.2, 0.25) is 0 Å². The summed E-state index contributed by atoms with van der Waals surface area (Å²) in [7, 11) is -0.846. The second-order valence-electron chi connectivity index (χ2n) is 4.17. The molecular weight excluding hydrogens is 268 g/mol. The minimum Gasteiger partial charge on any atom is -0.501 e. The van der Waals surface area contributed by atoms with Crippen LogP contribution in [-0.4, -0.2) is 22.9 Å². The molecule has 1 aromatic carbocycles. The van der Waals surface area contributed by atoms with Crippen molar-refractivity contribution in [1.82, 2.24) is 0 Å². The van der Waals surface area contributed by atoms with Crippen LogP contribution in [0.15, 0.2) is 36.6 Å². The van der Waals surface area contributed by atoms with E-state index in [9.17, 15) is 4.21 Å². The van der Waals surface area contributed by atoms with Crippen LogP contribution in [0.1, 0.15) is 24.2 Å². The van der Waals surface area contributed by atoms with Crippen molar-refractivity contribution in [3.63, 3.8) is 0 Å². The monoisotopic (exact) mass is 286 g/mol. The average Bonchev–Trinajstić information content (AvgIpc) is 2.31. The molecule has 0 N–H and O–H groups in total. The lowest BCUT2D eigenvalue weighted by Crippen LogP contribution is -2.18. The zero-order valence-corrected chi connectivity index (χ0v) is 12.4. The van der Waals surface area contributed by atoms with Crippen molar-refractivity contribution in [2.45, 2.75) is 18.6 Å². The Bertz CT molecular complexity index is 520. The minimum absolute atomic E-state index is 0.182. The number of hydrogen-bond acceptors (Lipinski definition) is 2. The van der Waals surface area contributed by atoms with Crippen molar-refractivity contribution in [3.8, 4) is 0 Å². The molecule has 0 fully saturated rings. The Labute approximate surface area is 115 Å². The van der Waals surface area contributed by atoms with E-state index in [0.717, 1.165) is 5.56 Å². The van der Waals surface area contributed by atoms with Gasteiger partial charge in [0.15, 0.2) is 0 Å². The maximum Gasteiger partial charge on any atom is 0.100 e. The standard InChI is InChI=1S/C14H19ClO2S/c1-5-14(12-8-6-7-9-13(12)15)18(4,16)10-11(2)17-3/h6-9,14H,2,4-5,10H2,1,3H3. The molecule has 0 aliphatic carbocycles. The van der Waals surface area contributed by atoms with Crippen LogP contribution in [0.5, 0.6) is 0 Å². The largest absolute Gasteiger partial charge is 0.501 e. The van der Waals surface area contributed by atoms with Crippen LogP contribution in [-0.2, 0) is 14.3 Å². The molecule has 1 rings (SSSR count). The summed E-state index contributed by atoms with van der Waals surface area (Å²) in [5.74, 6) is 4.62. The quantitative estimate of drug-likeness (QED) is 0.589. The van der Waals surface area contributed by atoms with Gasteiger partial charge in [-0.1, -0.05) is 43.3 Å². The zero-order chi connectivity index (χ0) is 13.8. The molecule has 0 saturated carbocycles. The SMILES string of the molecule is C=C(CS(=C)(=O)C(CC)c1ccccc1Cl)OC. The minimum atomic E-state index is -2.37. The fraction of sp³-hybridized carbons (Fsp3) is 0.357. The van der Waals surface area contributed by atoms with Gasteiger partial charge in [-0.15, -0.1) is 0 Å². The summed E-state index contributed by atoms with van der Waals surface area (Å²) in [6.45, 7) is 5.70. The second kappa shape index (κ2) is 6.30. The van der Waals surface area contributed by atoms with Gasteiger partial charge in [0.1, 0.15) is 5.76 Å². The van der Waals surface area contributed by atoms with Crippen LogP contribution in [0.25, 0.3) is 0 Å². The van der Waals surface area contributed by atoms with E-state index in [1.165, 1.54) is 7.11 Å². The molecule has 0 bridgehead atoms. The van der Waals surface area contributed by atoms with Crippen LogP contribution in [0.4, 0.5) is 0 Å². The number of ether oxygens (including phenoxy) is 1. The van der Waals surface area contributed by atoms with Crippen LogP contribution in [0.3, 0.4) is 0 Å². The van der Waals surface area contributed by atoms with Gasteiger partial charge in [-0.2, -0.15) is 0 Å². The molecule has 2 unspecified atom stereocenters. The van der Waals surface area contributed by atoms with Crippen LogP contribution >= 0.6 is 11.6 Å². The highest BCUT2D eigenvalue weighted by atomic mass is 35.5. The van der Waals surface area contributed by atoms with Crippen molar-refractivity contribution in [2.24, 2.45) is 0 Å². The summed E-state index contributed by atoms with van der Waals surface area (Å²) in [4.78, 5) is 0. The Hall–Kier alpha value is -0.930. The van der Waals surface area contributed by atoms with E-state index in [1.807, 2.05) is 25.1 Å². The van der Waals surface area contributed by atoms with E-state index in [1.54, 1.807) is 6.07 Å². The molecule has 0 aliphatic heterocycles. The van der Waals surface area contributed by atoms with Gasteiger partial charge >= 0.3 is 0 Å². The molecule has 0 aliphatic rings. The van der Waals surface area contributed by atoms with E-state index in [0.29, 0.717) is 17.2 Å². The normalized spacial score (nSPS) is 15.7. The third-order valence-corrected chi connectivity index (χ3v) is 5.61. The van der Waals surface area contributed by atoms with Crippen LogP contribution < -0.4 is 0 Å². The Balaban J connectivity index is 3.11. The first-order valence-corrected chi connectivity index (χ1v) is 8.06. The smallest absolute Gasteiger partial charge is 0.100 e. The van der Waals surface area contributed by atoms with Crippen molar-refractivity contribution in [1.29, 1.82) is 0 Å². The predicted octanol–water partition coefficient (Wildman–Crippen LogP) is 3.67. The van der Waals surface area contributed by atoms with Crippen molar-refractivity contribution >= 4 is 27.0 Å². The van der Waals surface area contributed by atoms with Gasteiger partial charge in [-0.3, -0.25) is 4.21 Å². The van der Waals surface area contributed by atoms with Gasteiger partial charge in [0, 0.05) is 5.02 Å². The van der Waals surface area contributed by atoms with Gasteiger partial charge in [-0.05, 0) is 33.4 Å². The third kappa shape index (κ3) is 3.53. The first-order chi connectivity index (χ1) is 8.42. The lowest BCUT2D eigenvalue weighted by atomic mass is 10.1. The predicted molar refractivity (Wildman–Crippen MR) is 80.8 cm³/mol. The summed E-state index contributed by atoms with van der Waals surface area (Å²) in [5.41, 5.74) is 0.880. The highest BCUT2D eigenvalue weighted by molar-refractivity contribution is 8.00. The van der Waals surface area contributed by atoms with E-state index in [2.05, 4.69) is 12.4 Å². The zero-order valence-electron chi connectivity index (χ0n) is 10.8. The van der Waals surface area contributed by atoms with Gasteiger partial charge in [-0.25, -0.2) is 0 Å². The van der Waals surface area contributed by atoms with Crippen LogP contribution in [0.2, 0.25) is 5.02 Å². The molecule has 0 radical (unpaired) electrons. The Morgan fingerprint density at radius 3 is 2.61 bits per heavy atom. The molecule has 0 amide bonds. The van der Waals surface area contributed by atoms with Gasteiger partial charge in [0.05, 0.1) is 18.1 Å². The van der Waals surface area contributed by atoms with E-state index >= 15 is 0 Å². The topological polar surface area (TPSA) is 26.3 Å². The molecule has 0 spiro atoms. The number of halogens is 1. The third-order valence-electron chi connectivity index (χ3n) is 2.84. The molecule has 1 aromatic rings. The van der Waals surface area contributed by atoms with E-state index < -0.39 is 9.52 Å². The average molecular weight is 287 g/mol. The van der Waals surface area contributed by atoms with E-state index in [-0.39, 0.29) is 11.0 Å². The van der Waals surface area contributed by atoms with Crippen molar-refractivity contribution in [2.75, 3.05) is 12.9 Å². The summed E-state index contributed by atoms with van der Waals surface area (Å²) in [6.07, 6.45) is 0.711. The molecule has 2 atom stereocenters. The molecule has 18 heavy (non-hydrogen) atoms. The molecule has 0 saturated heterocycles. The molecular formula is C14H19ClO2S. The Kier molecular flexibility index (Phi) is 5.29. The molecule has 0 heterocycles. The molecule has 0 aromatic heterocycles. The molecule has 2 nitrogen and oxygen atoms in total. The van der Waals surface area contributed by atoms with Crippen molar-refractivity contribution in [3.05, 3.63) is 47.2 Å².